The van der Waals surface area contributed by atoms with Crippen molar-refractivity contribution in [2.75, 3.05) is 57.3 Å². The molecule has 0 bridgehead atoms. The number of nitrogens with zero attached hydrogens (tertiary/aromatic N) is 6. The molecule has 1 N–H and O–H groups in total. The first-order valence-electron chi connectivity index (χ1n) is 10.2. The lowest BCUT2D eigenvalue weighted by Crippen LogP contribution is -2.49. The number of benzene rings is 1. The van der Waals surface area contributed by atoms with E-state index in [1.54, 1.807) is 4.90 Å². The van der Waals surface area contributed by atoms with E-state index in [4.69, 9.17) is 10.3 Å². The van der Waals surface area contributed by atoms with Crippen molar-refractivity contribution in [3.8, 4) is 0 Å². The average Bonchev–Trinajstić information content (AvgIpc) is 2.68. The molecule has 158 valence electrons. The van der Waals surface area contributed by atoms with Crippen LogP contribution in [-0.2, 0) is 11.3 Å². The summed E-state index contributed by atoms with van der Waals surface area (Å²) in [4.78, 5) is 21.6. The van der Waals surface area contributed by atoms with E-state index < -0.39 is 5.60 Å². The second-order valence-electron chi connectivity index (χ2n) is 8.53. The molecule has 3 rings (SSSR count). The van der Waals surface area contributed by atoms with Crippen LogP contribution >= 0.6 is 0 Å². The van der Waals surface area contributed by atoms with Gasteiger partial charge in [-0.05, 0) is 50.1 Å². The van der Waals surface area contributed by atoms with E-state index in [-0.39, 0.29) is 6.09 Å². The van der Waals surface area contributed by atoms with E-state index in [1.807, 2.05) is 32.9 Å². The van der Waals surface area contributed by atoms with Crippen molar-refractivity contribution in [2.45, 2.75) is 32.9 Å². The lowest BCUT2D eigenvalue weighted by atomic mass is 10.1. The summed E-state index contributed by atoms with van der Waals surface area (Å²) in [5.74, 6) is 0. The molecule has 2 fully saturated rings. The van der Waals surface area contributed by atoms with Crippen LogP contribution in [0.25, 0.3) is 10.4 Å². The fraction of sp³-hybridized carbons (Fsp3) is 0.650. The zero-order valence-electron chi connectivity index (χ0n) is 17.6. The fourth-order valence-corrected chi connectivity index (χ4v) is 3.64. The Morgan fingerprint density at radius 1 is 1.14 bits per heavy atom. The van der Waals surface area contributed by atoms with Crippen molar-refractivity contribution >= 4 is 17.5 Å². The van der Waals surface area contributed by atoms with Crippen LogP contribution in [0.15, 0.2) is 23.3 Å². The molecule has 0 atom stereocenters. The van der Waals surface area contributed by atoms with E-state index in [2.05, 4.69) is 31.2 Å². The number of piperazine rings is 2. The van der Waals surface area contributed by atoms with Gasteiger partial charge in [0.2, 0.25) is 0 Å². The Balaban J connectivity index is 1.63. The van der Waals surface area contributed by atoms with Crippen LogP contribution in [0.5, 0.6) is 0 Å². The Morgan fingerprint density at radius 2 is 1.83 bits per heavy atom. The van der Waals surface area contributed by atoms with Gasteiger partial charge in [-0.2, -0.15) is 0 Å². The summed E-state index contributed by atoms with van der Waals surface area (Å²) in [5, 5.41) is 7.19. The molecule has 0 spiro atoms. The normalized spacial score (nSPS) is 18.3. The average molecular weight is 402 g/mol. The Morgan fingerprint density at radius 3 is 2.45 bits per heavy atom. The number of azide groups is 1. The third-order valence-corrected chi connectivity index (χ3v) is 5.03. The summed E-state index contributed by atoms with van der Waals surface area (Å²) in [6, 6.07) is 6.09. The number of nitrogens with one attached hydrogen (secondary N) is 1. The minimum Gasteiger partial charge on any atom is -0.444 e. The first-order chi connectivity index (χ1) is 13.8. The molecule has 9 nitrogen and oxygen atoms in total. The van der Waals surface area contributed by atoms with E-state index in [9.17, 15) is 4.79 Å². The maximum absolute atomic E-state index is 12.2. The van der Waals surface area contributed by atoms with Gasteiger partial charge >= 0.3 is 6.09 Å². The molecular formula is C20H31N7O2. The minimum atomic E-state index is -0.476. The van der Waals surface area contributed by atoms with Gasteiger partial charge in [0, 0.05) is 75.2 Å². The van der Waals surface area contributed by atoms with Crippen LogP contribution in [0.3, 0.4) is 0 Å². The molecule has 0 aromatic heterocycles. The molecule has 0 aliphatic carbocycles. The Hall–Kier alpha value is -2.48. The second kappa shape index (κ2) is 9.35. The quantitative estimate of drug-likeness (QED) is 0.475. The summed E-state index contributed by atoms with van der Waals surface area (Å²) >= 11 is 0. The Labute approximate surface area is 172 Å². The number of carbonyl (C=O) groups is 1. The number of hydrogen-bond acceptors (Lipinski definition) is 6. The fourth-order valence-electron chi connectivity index (χ4n) is 3.64. The zero-order valence-corrected chi connectivity index (χ0v) is 17.6. The Kier molecular flexibility index (Phi) is 6.84. The van der Waals surface area contributed by atoms with Gasteiger partial charge in [0.25, 0.3) is 0 Å². The first kappa shape index (κ1) is 21.2. The third-order valence-electron chi connectivity index (χ3n) is 5.03. The predicted molar refractivity (Wildman–Crippen MR) is 113 cm³/mol. The highest BCUT2D eigenvalue weighted by Gasteiger charge is 2.26. The van der Waals surface area contributed by atoms with E-state index in [1.165, 1.54) is 0 Å². The van der Waals surface area contributed by atoms with Crippen molar-refractivity contribution < 1.29 is 9.53 Å². The van der Waals surface area contributed by atoms with Crippen LogP contribution in [0.4, 0.5) is 16.2 Å². The van der Waals surface area contributed by atoms with Crippen molar-refractivity contribution in [3.63, 3.8) is 0 Å². The number of hydrogen-bond donors (Lipinski definition) is 1. The highest BCUT2D eigenvalue weighted by atomic mass is 16.6. The highest BCUT2D eigenvalue weighted by molar-refractivity contribution is 5.68. The maximum atomic E-state index is 12.2. The van der Waals surface area contributed by atoms with Crippen LogP contribution in [0.2, 0.25) is 0 Å². The van der Waals surface area contributed by atoms with Crippen molar-refractivity contribution in [3.05, 3.63) is 34.2 Å². The monoisotopic (exact) mass is 401 g/mol. The molecule has 2 aliphatic rings. The molecule has 29 heavy (non-hydrogen) atoms. The number of rotatable bonds is 4. The summed E-state index contributed by atoms with van der Waals surface area (Å²) in [5.41, 5.74) is 11.3. The van der Waals surface area contributed by atoms with E-state index in [0.29, 0.717) is 18.8 Å². The molecule has 1 aromatic rings. The standard InChI is InChI=1S/C20H31N7O2/c1-20(2,3)29-19(28)27-10-8-25(9-11-27)15-16-12-17(23-24-21)14-18(13-16)26-6-4-22-5-7-26/h12-14,22H,4-11,15H2,1-3H3. The van der Waals surface area contributed by atoms with Gasteiger partial charge in [-0.25, -0.2) is 4.79 Å². The smallest absolute Gasteiger partial charge is 0.410 e. The molecule has 0 unspecified atom stereocenters. The minimum absolute atomic E-state index is 0.247. The van der Waals surface area contributed by atoms with Gasteiger partial charge in [0.15, 0.2) is 0 Å². The first-order valence-corrected chi connectivity index (χ1v) is 10.2. The van der Waals surface area contributed by atoms with Crippen LogP contribution in [0, 0.1) is 0 Å². The third kappa shape index (κ3) is 6.25. The Bertz CT molecular complexity index is 757. The number of amides is 1. The molecule has 1 amide bonds. The number of ether oxygens (including phenoxy) is 1. The van der Waals surface area contributed by atoms with Gasteiger partial charge in [-0.3, -0.25) is 4.90 Å². The number of anilines is 1. The largest absolute Gasteiger partial charge is 0.444 e. The van der Waals surface area contributed by atoms with Gasteiger partial charge in [-0.1, -0.05) is 5.11 Å². The number of carbonyl (C=O) groups excluding carboxylic acids is 1. The lowest BCUT2D eigenvalue weighted by molar-refractivity contribution is 0.0139. The SMILES string of the molecule is CC(C)(C)OC(=O)N1CCN(Cc2cc(N=[N+]=[N-])cc(N3CCNCC3)c2)CC1. The van der Waals surface area contributed by atoms with Gasteiger partial charge < -0.3 is 19.9 Å². The summed E-state index contributed by atoms with van der Waals surface area (Å²) < 4.78 is 5.47. The highest BCUT2D eigenvalue weighted by Crippen LogP contribution is 2.26. The molecule has 2 aliphatic heterocycles. The van der Waals surface area contributed by atoms with E-state index >= 15 is 0 Å². The summed E-state index contributed by atoms with van der Waals surface area (Å²) in [7, 11) is 0. The van der Waals surface area contributed by atoms with Crippen LogP contribution in [0.1, 0.15) is 26.3 Å². The van der Waals surface area contributed by atoms with Crippen molar-refractivity contribution in [1.29, 1.82) is 0 Å². The molecule has 9 heteroatoms. The predicted octanol–water partition coefficient (Wildman–Crippen LogP) is 3.09. The van der Waals surface area contributed by atoms with Gasteiger partial charge in [-0.15, -0.1) is 0 Å². The summed E-state index contributed by atoms with van der Waals surface area (Å²) in [6.45, 7) is 13.1. The van der Waals surface area contributed by atoms with Gasteiger partial charge in [0.05, 0.1) is 0 Å². The van der Waals surface area contributed by atoms with Crippen molar-refractivity contribution in [1.82, 2.24) is 15.1 Å². The van der Waals surface area contributed by atoms with E-state index in [0.717, 1.165) is 57.1 Å². The molecule has 0 saturated carbocycles. The second-order valence-corrected chi connectivity index (χ2v) is 8.53. The van der Waals surface area contributed by atoms with Crippen LogP contribution in [-0.4, -0.2) is 73.9 Å². The van der Waals surface area contributed by atoms with Crippen LogP contribution < -0.4 is 10.2 Å². The zero-order chi connectivity index (χ0) is 20.9. The molecular weight excluding hydrogens is 370 g/mol. The molecule has 2 heterocycles. The topological polar surface area (TPSA) is 96.8 Å². The lowest BCUT2D eigenvalue weighted by Gasteiger charge is -2.36. The molecule has 2 saturated heterocycles. The molecule has 0 radical (unpaired) electrons. The molecule has 1 aromatic carbocycles. The van der Waals surface area contributed by atoms with Crippen molar-refractivity contribution in [2.24, 2.45) is 5.11 Å². The van der Waals surface area contributed by atoms with Gasteiger partial charge in [0.1, 0.15) is 5.60 Å². The maximum Gasteiger partial charge on any atom is 0.410 e. The summed E-state index contributed by atoms with van der Waals surface area (Å²) in [6.07, 6.45) is -0.247.